The van der Waals surface area contributed by atoms with Crippen LogP contribution < -0.4 is 0 Å². The van der Waals surface area contributed by atoms with Crippen molar-refractivity contribution in [3.05, 3.63) is 107 Å². The fourth-order valence-electron chi connectivity index (χ4n) is 3.06. The Kier molecular flexibility index (Phi) is 5.40. The third-order valence-corrected chi connectivity index (χ3v) is 4.73. The largest absolute Gasteiger partial charge is 0.457 e. The van der Waals surface area contributed by atoms with Gasteiger partial charge in [-0.1, -0.05) is 60.2 Å². The standard InChI is InChI=1S/C25H19N3O2/c1-18-7-13-21(14-8-18)24-23(16-28(27-24)22-5-3-2-4-6-22)25(29)30-17-20-11-9-19(15-26)10-12-20/h2-14,16H,17H2,1H3. The number of nitrogens with zero attached hydrogens (tertiary/aromatic N) is 3. The summed E-state index contributed by atoms with van der Waals surface area (Å²) in [6.07, 6.45) is 1.70. The summed E-state index contributed by atoms with van der Waals surface area (Å²) < 4.78 is 7.24. The first-order chi connectivity index (χ1) is 14.6. The van der Waals surface area contributed by atoms with E-state index in [9.17, 15) is 4.79 Å². The Morgan fingerprint density at radius 3 is 2.37 bits per heavy atom. The van der Waals surface area contributed by atoms with Gasteiger partial charge in [-0.25, -0.2) is 9.48 Å². The summed E-state index contributed by atoms with van der Waals surface area (Å²) in [5.41, 5.74) is 5.19. The zero-order chi connectivity index (χ0) is 20.9. The number of aryl methyl sites for hydroxylation is 1. The Morgan fingerprint density at radius 1 is 1.00 bits per heavy atom. The number of carbonyl (C=O) groups is 1. The predicted octanol–water partition coefficient (Wildman–Crippen LogP) is 5.08. The Labute approximate surface area is 174 Å². The van der Waals surface area contributed by atoms with Gasteiger partial charge in [0.15, 0.2) is 0 Å². The van der Waals surface area contributed by atoms with Crippen molar-refractivity contribution in [1.29, 1.82) is 5.26 Å². The quantitative estimate of drug-likeness (QED) is 0.444. The molecule has 30 heavy (non-hydrogen) atoms. The van der Waals surface area contributed by atoms with E-state index in [1.165, 1.54) is 0 Å². The zero-order valence-corrected chi connectivity index (χ0v) is 16.4. The van der Waals surface area contributed by atoms with Crippen molar-refractivity contribution >= 4 is 5.97 Å². The predicted molar refractivity (Wildman–Crippen MR) is 114 cm³/mol. The normalized spacial score (nSPS) is 10.4. The van der Waals surface area contributed by atoms with Gasteiger partial charge in [0.05, 0.1) is 17.3 Å². The van der Waals surface area contributed by atoms with Crippen LogP contribution in [0.4, 0.5) is 0 Å². The molecule has 0 aliphatic rings. The van der Waals surface area contributed by atoms with E-state index in [4.69, 9.17) is 10.00 Å². The van der Waals surface area contributed by atoms with E-state index in [0.29, 0.717) is 16.8 Å². The van der Waals surface area contributed by atoms with Crippen LogP contribution in [0, 0.1) is 18.3 Å². The van der Waals surface area contributed by atoms with Gasteiger partial charge in [0.1, 0.15) is 17.9 Å². The highest BCUT2D eigenvalue weighted by molar-refractivity contribution is 5.96. The van der Waals surface area contributed by atoms with Crippen LogP contribution in [0.2, 0.25) is 0 Å². The minimum absolute atomic E-state index is 0.119. The highest BCUT2D eigenvalue weighted by Crippen LogP contribution is 2.25. The van der Waals surface area contributed by atoms with E-state index in [1.54, 1.807) is 35.1 Å². The number of para-hydroxylation sites is 1. The molecule has 146 valence electrons. The van der Waals surface area contributed by atoms with Crippen molar-refractivity contribution in [2.24, 2.45) is 0 Å². The van der Waals surface area contributed by atoms with E-state index in [1.807, 2.05) is 61.5 Å². The lowest BCUT2D eigenvalue weighted by Gasteiger charge is -2.06. The van der Waals surface area contributed by atoms with E-state index in [2.05, 4.69) is 11.2 Å². The van der Waals surface area contributed by atoms with Crippen molar-refractivity contribution in [3.8, 4) is 23.0 Å². The topological polar surface area (TPSA) is 67.9 Å². The highest BCUT2D eigenvalue weighted by Gasteiger charge is 2.20. The lowest BCUT2D eigenvalue weighted by Crippen LogP contribution is -2.06. The number of aromatic nitrogens is 2. The summed E-state index contributed by atoms with van der Waals surface area (Å²) in [6.45, 7) is 2.13. The summed E-state index contributed by atoms with van der Waals surface area (Å²) >= 11 is 0. The maximum atomic E-state index is 12.9. The van der Waals surface area contributed by atoms with Crippen molar-refractivity contribution in [1.82, 2.24) is 9.78 Å². The molecule has 0 aliphatic carbocycles. The van der Waals surface area contributed by atoms with Gasteiger partial charge in [0.2, 0.25) is 0 Å². The summed E-state index contributed by atoms with van der Waals surface area (Å²) in [5, 5.41) is 13.6. The Bertz CT molecular complexity index is 1200. The van der Waals surface area contributed by atoms with Gasteiger partial charge >= 0.3 is 5.97 Å². The first kappa shape index (κ1) is 19.2. The molecule has 0 atom stereocenters. The highest BCUT2D eigenvalue weighted by atomic mass is 16.5. The van der Waals surface area contributed by atoms with E-state index in [-0.39, 0.29) is 6.61 Å². The van der Waals surface area contributed by atoms with Crippen LogP contribution in [0.1, 0.15) is 27.0 Å². The smallest absolute Gasteiger partial charge is 0.342 e. The Morgan fingerprint density at radius 2 is 1.70 bits per heavy atom. The molecule has 5 nitrogen and oxygen atoms in total. The number of hydrogen-bond acceptors (Lipinski definition) is 4. The molecule has 5 heteroatoms. The minimum atomic E-state index is -0.447. The molecule has 4 aromatic rings. The Balaban J connectivity index is 1.64. The van der Waals surface area contributed by atoms with Crippen LogP contribution in [0.25, 0.3) is 16.9 Å². The molecule has 1 heterocycles. The molecule has 0 aliphatic heterocycles. The fourth-order valence-corrected chi connectivity index (χ4v) is 3.06. The van der Waals surface area contributed by atoms with Crippen LogP contribution in [-0.2, 0) is 11.3 Å². The van der Waals surface area contributed by atoms with Crippen LogP contribution in [0.5, 0.6) is 0 Å². The summed E-state index contributed by atoms with van der Waals surface area (Å²) in [5.74, 6) is -0.447. The van der Waals surface area contributed by atoms with Crippen molar-refractivity contribution in [2.75, 3.05) is 0 Å². The number of benzene rings is 3. The average molecular weight is 393 g/mol. The first-order valence-corrected chi connectivity index (χ1v) is 9.52. The lowest BCUT2D eigenvalue weighted by atomic mass is 10.1. The molecule has 0 saturated carbocycles. The van der Waals surface area contributed by atoms with Crippen molar-refractivity contribution < 1.29 is 9.53 Å². The fraction of sp³-hybridized carbons (Fsp3) is 0.0800. The zero-order valence-electron chi connectivity index (χ0n) is 16.4. The van der Waals surface area contributed by atoms with Gasteiger partial charge in [0, 0.05) is 11.8 Å². The molecule has 0 amide bonds. The van der Waals surface area contributed by atoms with E-state index >= 15 is 0 Å². The molecule has 1 aromatic heterocycles. The third kappa shape index (κ3) is 4.13. The second-order valence-electron chi connectivity index (χ2n) is 6.92. The SMILES string of the molecule is Cc1ccc(-c2nn(-c3ccccc3)cc2C(=O)OCc2ccc(C#N)cc2)cc1. The van der Waals surface area contributed by atoms with Gasteiger partial charge in [-0.15, -0.1) is 0 Å². The van der Waals surface area contributed by atoms with Crippen LogP contribution in [-0.4, -0.2) is 15.7 Å². The summed E-state index contributed by atoms with van der Waals surface area (Å²) in [7, 11) is 0. The molecule has 0 radical (unpaired) electrons. The lowest BCUT2D eigenvalue weighted by molar-refractivity contribution is 0.0473. The molecule has 0 saturated heterocycles. The summed E-state index contributed by atoms with van der Waals surface area (Å²) in [6, 6.07) is 26.5. The molecule has 0 bridgehead atoms. The number of carbonyl (C=O) groups excluding carboxylic acids is 1. The van der Waals surface area contributed by atoms with E-state index in [0.717, 1.165) is 22.4 Å². The van der Waals surface area contributed by atoms with E-state index < -0.39 is 5.97 Å². The molecule has 0 unspecified atom stereocenters. The minimum Gasteiger partial charge on any atom is -0.457 e. The van der Waals surface area contributed by atoms with Gasteiger partial charge in [-0.3, -0.25) is 0 Å². The molecule has 0 fully saturated rings. The molecule has 0 N–H and O–H groups in total. The molecule has 3 aromatic carbocycles. The monoisotopic (exact) mass is 393 g/mol. The second kappa shape index (κ2) is 8.46. The van der Waals surface area contributed by atoms with Crippen LogP contribution in [0.15, 0.2) is 85.1 Å². The van der Waals surface area contributed by atoms with Crippen molar-refractivity contribution in [2.45, 2.75) is 13.5 Å². The van der Waals surface area contributed by atoms with Crippen molar-refractivity contribution in [3.63, 3.8) is 0 Å². The van der Waals surface area contributed by atoms with Gasteiger partial charge in [0.25, 0.3) is 0 Å². The van der Waals surface area contributed by atoms with Gasteiger partial charge in [-0.2, -0.15) is 10.4 Å². The number of rotatable bonds is 5. The summed E-state index contributed by atoms with van der Waals surface area (Å²) in [4.78, 5) is 12.9. The van der Waals surface area contributed by atoms with Crippen LogP contribution >= 0.6 is 0 Å². The maximum Gasteiger partial charge on any atom is 0.342 e. The first-order valence-electron chi connectivity index (χ1n) is 9.52. The molecule has 4 rings (SSSR count). The molecule has 0 spiro atoms. The molecular weight excluding hydrogens is 374 g/mol. The number of nitriles is 1. The third-order valence-electron chi connectivity index (χ3n) is 4.73. The number of hydrogen-bond donors (Lipinski definition) is 0. The average Bonchev–Trinajstić information content (AvgIpc) is 3.24. The van der Waals surface area contributed by atoms with Gasteiger partial charge < -0.3 is 4.74 Å². The number of esters is 1. The maximum absolute atomic E-state index is 12.9. The van der Waals surface area contributed by atoms with Gasteiger partial charge in [-0.05, 0) is 36.8 Å². The molecular formula is C25H19N3O2. The Hall–Kier alpha value is -4.17. The second-order valence-corrected chi connectivity index (χ2v) is 6.92. The van der Waals surface area contributed by atoms with Crippen LogP contribution in [0.3, 0.4) is 0 Å². The number of ether oxygens (including phenoxy) is 1.